The lowest BCUT2D eigenvalue weighted by Crippen LogP contribution is -2.54. The Labute approximate surface area is 123 Å². The van der Waals surface area contributed by atoms with Gasteiger partial charge in [0.1, 0.15) is 5.52 Å². The SMILES string of the molecule is O=C(c1cnc2nccnc2c1)N1CC[C@H]1C1CCCC1. The van der Waals surface area contributed by atoms with E-state index in [1.165, 1.54) is 25.7 Å². The molecule has 21 heavy (non-hydrogen) atoms. The van der Waals surface area contributed by atoms with Crippen molar-refractivity contribution in [1.82, 2.24) is 19.9 Å². The fourth-order valence-electron chi connectivity index (χ4n) is 3.63. The monoisotopic (exact) mass is 282 g/mol. The number of fused-ring (bicyclic) bond motifs is 1. The summed E-state index contributed by atoms with van der Waals surface area (Å²) in [6.45, 7) is 0.874. The molecular weight excluding hydrogens is 264 g/mol. The molecule has 1 atom stereocenters. The van der Waals surface area contributed by atoms with Crippen molar-refractivity contribution >= 4 is 17.1 Å². The van der Waals surface area contributed by atoms with Crippen molar-refractivity contribution in [2.24, 2.45) is 5.92 Å². The summed E-state index contributed by atoms with van der Waals surface area (Å²) in [5.41, 5.74) is 1.90. The number of pyridine rings is 1. The molecular formula is C16H18N4O. The number of aromatic nitrogens is 3. The third-order valence-electron chi connectivity index (χ3n) is 4.84. The van der Waals surface area contributed by atoms with Crippen LogP contribution in [0.3, 0.4) is 0 Å². The molecule has 2 aliphatic rings. The van der Waals surface area contributed by atoms with E-state index in [0.717, 1.165) is 13.0 Å². The molecule has 1 amide bonds. The molecule has 1 aliphatic heterocycles. The largest absolute Gasteiger partial charge is 0.335 e. The van der Waals surface area contributed by atoms with E-state index < -0.39 is 0 Å². The third-order valence-corrected chi connectivity index (χ3v) is 4.84. The number of likely N-dealkylation sites (tertiary alicyclic amines) is 1. The number of carbonyl (C=O) groups excluding carboxylic acids is 1. The van der Waals surface area contributed by atoms with E-state index in [9.17, 15) is 4.79 Å². The Bertz CT molecular complexity index is 681. The summed E-state index contributed by atoms with van der Waals surface area (Å²) in [5, 5.41) is 0. The van der Waals surface area contributed by atoms with E-state index in [2.05, 4.69) is 15.0 Å². The van der Waals surface area contributed by atoms with Gasteiger partial charge in [-0.2, -0.15) is 0 Å². The van der Waals surface area contributed by atoms with E-state index >= 15 is 0 Å². The average Bonchev–Trinajstić information content (AvgIpc) is 2.99. The molecule has 4 rings (SSSR count). The van der Waals surface area contributed by atoms with Gasteiger partial charge in [-0.05, 0) is 31.2 Å². The predicted molar refractivity (Wildman–Crippen MR) is 78.7 cm³/mol. The Morgan fingerprint density at radius 3 is 2.67 bits per heavy atom. The highest BCUT2D eigenvalue weighted by atomic mass is 16.2. The second kappa shape index (κ2) is 5.06. The summed E-state index contributed by atoms with van der Waals surface area (Å²) in [7, 11) is 0. The maximum Gasteiger partial charge on any atom is 0.255 e. The van der Waals surface area contributed by atoms with Crippen LogP contribution in [0, 0.1) is 5.92 Å². The number of hydrogen-bond acceptors (Lipinski definition) is 4. The third kappa shape index (κ3) is 2.17. The normalized spacial score (nSPS) is 22.5. The van der Waals surface area contributed by atoms with Gasteiger partial charge in [0.25, 0.3) is 5.91 Å². The highest BCUT2D eigenvalue weighted by Crippen LogP contribution is 2.36. The van der Waals surface area contributed by atoms with Crippen LogP contribution in [0.25, 0.3) is 11.2 Å². The lowest BCUT2D eigenvalue weighted by molar-refractivity contribution is 0.0308. The zero-order valence-corrected chi connectivity index (χ0v) is 11.9. The van der Waals surface area contributed by atoms with E-state index in [0.29, 0.717) is 28.7 Å². The average molecular weight is 282 g/mol. The van der Waals surface area contributed by atoms with Crippen LogP contribution in [-0.2, 0) is 0 Å². The Morgan fingerprint density at radius 2 is 1.90 bits per heavy atom. The van der Waals surface area contributed by atoms with Gasteiger partial charge in [-0.25, -0.2) is 9.97 Å². The van der Waals surface area contributed by atoms with Crippen molar-refractivity contribution in [2.75, 3.05) is 6.54 Å². The molecule has 0 aromatic carbocycles. The summed E-state index contributed by atoms with van der Waals surface area (Å²) < 4.78 is 0. The van der Waals surface area contributed by atoms with Gasteiger partial charge in [-0.15, -0.1) is 0 Å². The molecule has 0 unspecified atom stereocenters. The molecule has 1 aliphatic carbocycles. The zero-order valence-electron chi connectivity index (χ0n) is 11.9. The molecule has 2 fully saturated rings. The summed E-state index contributed by atoms with van der Waals surface area (Å²) >= 11 is 0. The molecule has 0 radical (unpaired) electrons. The van der Waals surface area contributed by atoms with Crippen molar-refractivity contribution in [1.29, 1.82) is 0 Å². The van der Waals surface area contributed by atoms with Crippen LogP contribution in [0.2, 0.25) is 0 Å². The van der Waals surface area contributed by atoms with Crippen molar-refractivity contribution < 1.29 is 4.79 Å². The highest BCUT2D eigenvalue weighted by molar-refractivity contribution is 5.96. The first-order valence-electron chi connectivity index (χ1n) is 7.71. The molecule has 1 saturated carbocycles. The molecule has 0 spiro atoms. The van der Waals surface area contributed by atoms with Gasteiger partial charge in [0, 0.05) is 31.2 Å². The molecule has 3 heterocycles. The van der Waals surface area contributed by atoms with Crippen molar-refractivity contribution in [3.05, 3.63) is 30.2 Å². The Kier molecular flexibility index (Phi) is 3.05. The fourth-order valence-corrected chi connectivity index (χ4v) is 3.63. The second-order valence-electron chi connectivity index (χ2n) is 6.02. The lowest BCUT2D eigenvalue weighted by atomic mass is 9.87. The van der Waals surface area contributed by atoms with Crippen LogP contribution in [-0.4, -0.2) is 38.3 Å². The van der Waals surface area contributed by atoms with Gasteiger partial charge >= 0.3 is 0 Å². The van der Waals surface area contributed by atoms with Crippen molar-refractivity contribution in [2.45, 2.75) is 38.1 Å². The van der Waals surface area contributed by atoms with Gasteiger partial charge in [0.15, 0.2) is 5.65 Å². The van der Waals surface area contributed by atoms with Gasteiger partial charge < -0.3 is 4.90 Å². The van der Waals surface area contributed by atoms with E-state index in [1.807, 2.05) is 11.0 Å². The summed E-state index contributed by atoms with van der Waals surface area (Å²) in [5.74, 6) is 0.800. The Hall–Kier alpha value is -2.04. The molecule has 108 valence electrons. The maximum absolute atomic E-state index is 12.7. The topological polar surface area (TPSA) is 59.0 Å². The minimum Gasteiger partial charge on any atom is -0.335 e. The molecule has 2 aromatic heterocycles. The number of nitrogens with zero attached hydrogens (tertiary/aromatic N) is 4. The first-order chi connectivity index (χ1) is 10.3. The first-order valence-corrected chi connectivity index (χ1v) is 7.71. The minimum absolute atomic E-state index is 0.0956. The van der Waals surface area contributed by atoms with Crippen LogP contribution >= 0.6 is 0 Å². The number of carbonyl (C=O) groups is 1. The zero-order chi connectivity index (χ0) is 14.2. The van der Waals surface area contributed by atoms with Gasteiger partial charge in [-0.1, -0.05) is 12.8 Å². The van der Waals surface area contributed by atoms with Crippen molar-refractivity contribution in [3.63, 3.8) is 0 Å². The smallest absolute Gasteiger partial charge is 0.255 e. The van der Waals surface area contributed by atoms with Crippen LogP contribution in [0.1, 0.15) is 42.5 Å². The van der Waals surface area contributed by atoms with E-state index in [1.54, 1.807) is 18.6 Å². The molecule has 5 nitrogen and oxygen atoms in total. The van der Waals surface area contributed by atoms with Crippen LogP contribution in [0.15, 0.2) is 24.7 Å². The minimum atomic E-state index is 0.0956. The summed E-state index contributed by atoms with van der Waals surface area (Å²) in [4.78, 5) is 27.3. The highest BCUT2D eigenvalue weighted by Gasteiger charge is 2.39. The van der Waals surface area contributed by atoms with E-state index in [4.69, 9.17) is 0 Å². The van der Waals surface area contributed by atoms with Crippen LogP contribution in [0.4, 0.5) is 0 Å². The molecule has 0 bridgehead atoms. The second-order valence-corrected chi connectivity index (χ2v) is 6.02. The van der Waals surface area contributed by atoms with Gasteiger partial charge in [-0.3, -0.25) is 9.78 Å². The predicted octanol–water partition coefficient (Wildman–Crippen LogP) is 2.43. The van der Waals surface area contributed by atoms with Crippen LogP contribution in [0.5, 0.6) is 0 Å². The Balaban J connectivity index is 1.58. The van der Waals surface area contributed by atoms with Gasteiger partial charge in [0.2, 0.25) is 0 Å². The number of hydrogen-bond donors (Lipinski definition) is 0. The van der Waals surface area contributed by atoms with E-state index in [-0.39, 0.29) is 5.91 Å². The summed E-state index contributed by atoms with van der Waals surface area (Å²) in [6, 6.07) is 2.25. The van der Waals surface area contributed by atoms with Crippen LogP contribution < -0.4 is 0 Å². The molecule has 0 N–H and O–H groups in total. The standard InChI is InChI=1S/C16H18N4O/c21-16(20-8-5-14(20)11-3-1-2-4-11)12-9-13-15(19-10-12)18-7-6-17-13/h6-7,9-11,14H,1-5,8H2/t14-/m0/s1. The number of rotatable bonds is 2. The van der Waals surface area contributed by atoms with Gasteiger partial charge in [0.05, 0.1) is 5.56 Å². The fraction of sp³-hybridized carbons (Fsp3) is 0.500. The quantitative estimate of drug-likeness (QED) is 0.849. The molecule has 1 saturated heterocycles. The first kappa shape index (κ1) is 12.7. The van der Waals surface area contributed by atoms with Crippen molar-refractivity contribution in [3.8, 4) is 0 Å². The lowest BCUT2D eigenvalue weighted by Gasteiger charge is -2.44. The molecule has 2 aromatic rings. The Morgan fingerprint density at radius 1 is 1.10 bits per heavy atom. The maximum atomic E-state index is 12.7. The summed E-state index contributed by atoms with van der Waals surface area (Å²) in [6.07, 6.45) is 11.2. The molecule has 5 heteroatoms. The number of amides is 1.